The van der Waals surface area contributed by atoms with Crippen LogP contribution in [-0.2, 0) is 23.0 Å². The number of piperidine rings is 1. The lowest BCUT2D eigenvalue weighted by Gasteiger charge is -2.31. The van der Waals surface area contributed by atoms with Gasteiger partial charge in [-0.1, -0.05) is 18.2 Å². The number of amides is 2. The van der Waals surface area contributed by atoms with Crippen molar-refractivity contribution >= 4 is 43.9 Å². The van der Waals surface area contributed by atoms with Crippen LogP contribution in [0.2, 0.25) is 0 Å². The van der Waals surface area contributed by atoms with Crippen LogP contribution in [0.15, 0.2) is 59.5 Å². The lowest BCUT2D eigenvalue weighted by molar-refractivity contribution is 0.0723. The van der Waals surface area contributed by atoms with Crippen LogP contribution in [0.4, 0.5) is 10.7 Å². The van der Waals surface area contributed by atoms with Crippen LogP contribution < -0.4 is 9.62 Å². The summed E-state index contributed by atoms with van der Waals surface area (Å²) in [6.07, 6.45) is 3.90. The van der Waals surface area contributed by atoms with E-state index < -0.39 is 10.0 Å². The highest BCUT2D eigenvalue weighted by atomic mass is 32.2. The van der Waals surface area contributed by atoms with Crippen molar-refractivity contribution in [3.8, 4) is 0 Å². The molecular formula is C30H36N4O4S2. The second-order valence-electron chi connectivity index (χ2n) is 10.7. The van der Waals surface area contributed by atoms with Gasteiger partial charge in [0.25, 0.3) is 21.8 Å². The highest BCUT2D eigenvalue weighted by molar-refractivity contribution is 7.92. The molecule has 0 aliphatic carbocycles. The maximum Gasteiger partial charge on any atom is 0.264 e. The van der Waals surface area contributed by atoms with Gasteiger partial charge in [0.05, 0.1) is 16.1 Å². The van der Waals surface area contributed by atoms with Crippen molar-refractivity contribution in [2.45, 2.75) is 57.0 Å². The monoisotopic (exact) mass is 580 g/mol. The average molecular weight is 581 g/mol. The number of sulfonamides is 1. The van der Waals surface area contributed by atoms with E-state index in [1.165, 1.54) is 47.0 Å². The molecule has 3 heterocycles. The quantitative estimate of drug-likeness (QED) is 0.414. The molecule has 0 radical (unpaired) electrons. The molecule has 2 aromatic carbocycles. The van der Waals surface area contributed by atoms with E-state index in [1.54, 1.807) is 24.3 Å². The first-order valence-corrected chi connectivity index (χ1v) is 16.1. The molecule has 5 rings (SSSR count). The molecule has 10 heteroatoms. The highest BCUT2D eigenvalue weighted by Crippen LogP contribution is 2.39. The number of nitrogens with zero attached hydrogens (tertiary/aromatic N) is 3. The summed E-state index contributed by atoms with van der Waals surface area (Å²) in [4.78, 5) is 32.6. The second kappa shape index (κ2) is 11.7. The summed E-state index contributed by atoms with van der Waals surface area (Å²) in [5.41, 5.74) is 2.56. The van der Waals surface area contributed by atoms with Gasteiger partial charge in [-0.15, -0.1) is 11.3 Å². The van der Waals surface area contributed by atoms with Crippen molar-refractivity contribution in [1.82, 2.24) is 9.80 Å². The normalized spacial score (nSPS) is 16.1. The van der Waals surface area contributed by atoms with Crippen molar-refractivity contribution in [3.05, 3.63) is 76.2 Å². The van der Waals surface area contributed by atoms with E-state index in [4.69, 9.17) is 0 Å². The average Bonchev–Trinajstić information content (AvgIpc) is 3.34. The number of likely N-dealkylation sites (tertiary alicyclic amines) is 1. The number of carbonyl (C=O) groups excluding carboxylic acids is 2. The highest BCUT2D eigenvalue weighted by Gasteiger charge is 2.32. The zero-order valence-electron chi connectivity index (χ0n) is 23.2. The molecule has 1 fully saturated rings. The Morgan fingerprint density at radius 2 is 1.62 bits per heavy atom. The molecule has 0 bridgehead atoms. The molecule has 1 aromatic heterocycles. The number of hydrogen-bond donors (Lipinski definition) is 1. The summed E-state index contributed by atoms with van der Waals surface area (Å²) in [7, 11) is -2.28. The van der Waals surface area contributed by atoms with E-state index in [1.807, 2.05) is 11.0 Å². The first-order valence-electron chi connectivity index (χ1n) is 13.8. The molecule has 0 atom stereocenters. The minimum atomic E-state index is -3.79. The van der Waals surface area contributed by atoms with Gasteiger partial charge < -0.3 is 10.2 Å². The number of hydrogen-bond acceptors (Lipinski definition) is 6. The third-order valence-electron chi connectivity index (χ3n) is 7.80. The molecule has 0 saturated carbocycles. The fourth-order valence-corrected chi connectivity index (χ4v) is 7.78. The van der Waals surface area contributed by atoms with Gasteiger partial charge in [-0.2, -0.15) is 0 Å². The van der Waals surface area contributed by atoms with E-state index in [9.17, 15) is 18.0 Å². The number of thiophene rings is 1. The first-order chi connectivity index (χ1) is 19.2. The van der Waals surface area contributed by atoms with Gasteiger partial charge in [0, 0.05) is 49.7 Å². The topological polar surface area (TPSA) is 90.0 Å². The Balaban J connectivity index is 1.39. The molecular weight excluding hydrogens is 544 g/mol. The summed E-state index contributed by atoms with van der Waals surface area (Å²) in [6, 6.07) is 15.2. The third kappa shape index (κ3) is 5.66. The predicted molar refractivity (Wildman–Crippen MR) is 160 cm³/mol. The van der Waals surface area contributed by atoms with Crippen molar-refractivity contribution in [1.29, 1.82) is 0 Å². The van der Waals surface area contributed by atoms with Crippen LogP contribution >= 0.6 is 11.3 Å². The van der Waals surface area contributed by atoms with Crippen molar-refractivity contribution < 1.29 is 18.0 Å². The van der Waals surface area contributed by atoms with Crippen LogP contribution in [-0.4, -0.2) is 62.8 Å². The minimum absolute atomic E-state index is 0.00381. The summed E-state index contributed by atoms with van der Waals surface area (Å²) in [6.45, 7) is 7.45. The molecule has 1 N–H and O–H groups in total. The molecule has 2 amide bonds. The lowest BCUT2D eigenvalue weighted by atomic mass is 10.00. The maximum atomic E-state index is 13.7. The molecule has 2 aliphatic heterocycles. The van der Waals surface area contributed by atoms with Crippen molar-refractivity contribution in [2.75, 3.05) is 36.3 Å². The smallest absolute Gasteiger partial charge is 0.264 e. The first kappa shape index (κ1) is 28.3. The summed E-state index contributed by atoms with van der Waals surface area (Å²) < 4.78 is 27.5. The number of carbonyl (C=O) groups is 2. The molecule has 0 unspecified atom stereocenters. The maximum absolute atomic E-state index is 13.7. The van der Waals surface area contributed by atoms with Gasteiger partial charge in [0.15, 0.2) is 0 Å². The number of nitrogens with one attached hydrogen (secondary N) is 1. The second-order valence-corrected chi connectivity index (χ2v) is 13.7. The van der Waals surface area contributed by atoms with Crippen molar-refractivity contribution in [3.63, 3.8) is 0 Å². The summed E-state index contributed by atoms with van der Waals surface area (Å²) in [5, 5.41) is 3.59. The Bertz CT molecular complexity index is 1480. The van der Waals surface area contributed by atoms with E-state index in [0.717, 1.165) is 62.3 Å². The predicted octanol–water partition coefficient (Wildman–Crippen LogP) is 5.22. The van der Waals surface area contributed by atoms with Gasteiger partial charge in [0.2, 0.25) is 0 Å². The van der Waals surface area contributed by atoms with Gasteiger partial charge in [-0.3, -0.25) is 18.8 Å². The fourth-order valence-electron chi connectivity index (χ4n) is 5.32. The van der Waals surface area contributed by atoms with Crippen LogP contribution in [0.1, 0.15) is 64.3 Å². The van der Waals surface area contributed by atoms with Gasteiger partial charge in [0.1, 0.15) is 5.00 Å². The number of fused-ring (bicyclic) bond motifs is 1. The largest absolute Gasteiger partial charge is 0.339 e. The van der Waals surface area contributed by atoms with E-state index in [0.29, 0.717) is 27.9 Å². The Kier molecular flexibility index (Phi) is 8.30. The van der Waals surface area contributed by atoms with Crippen LogP contribution in [0.25, 0.3) is 0 Å². The lowest BCUT2D eigenvalue weighted by Crippen LogP contribution is -2.38. The fraction of sp³-hybridized carbons (Fsp3) is 0.400. The van der Waals surface area contributed by atoms with Crippen LogP contribution in [0.5, 0.6) is 0 Å². The summed E-state index contributed by atoms with van der Waals surface area (Å²) >= 11 is 1.48. The Morgan fingerprint density at radius 1 is 0.950 bits per heavy atom. The Hall–Kier alpha value is -3.21. The molecule has 0 spiro atoms. The van der Waals surface area contributed by atoms with Gasteiger partial charge >= 0.3 is 0 Å². The van der Waals surface area contributed by atoms with E-state index in [2.05, 4.69) is 24.1 Å². The molecule has 3 aromatic rings. The van der Waals surface area contributed by atoms with Crippen LogP contribution in [0, 0.1) is 0 Å². The molecule has 8 nitrogen and oxygen atoms in total. The third-order valence-corrected chi connectivity index (χ3v) is 10.7. The zero-order chi connectivity index (χ0) is 28.4. The van der Waals surface area contributed by atoms with Gasteiger partial charge in [-0.05, 0) is 81.5 Å². The van der Waals surface area contributed by atoms with Gasteiger partial charge in [-0.25, -0.2) is 8.42 Å². The van der Waals surface area contributed by atoms with E-state index >= 15 is 0 Å². The Labute approximate surface area is 240 Å². The number of benzene rings is 2. The van der Waals surface area contributed by atoms with Crippen LogP contribution in [0.3, 0.4) is 0 Å². The minimum Gasteiger partial charge on any atom is -0.339 e. The molecule has 212 valence electrons. The number of rotatable bonds is 7. The zero-order valence-corrected chi connectivity index (χ0v) is 24.9. The van der Waals surface area contributed by atoms with E-state index in [-0.39, 0.29) is 16.7 Å². The number of anilines is 2. The molecule has 40 heavy (non-hydrogen) atoms. The molecule has 1 saturated heterocycles. The summed E-state index contributed by atoms with van der Waals surface area (Å²) in [5.74, 6) is -0.372. The standard InChI is InChI=1S/C30H36N4O4S2/c1-21(2)34-19-16-25-26(20-34)39-29(27(25)30(36)33-17-8-5-9-18-33)31-28(35)22-12-14-24(15-13-22)40(37,38)32(3)23-10-6-4-7-11-23/h4,6-7,10-15,21H,5,8-9,16-20H2,1-3H3,(H,31,35). The molecule has 2 aliphatic rings. The number of para-hydroxylation sites is 1. The van der Waals surface area contributed by atoms with Crippen molar-refractivity contribution in [2.24, 2.45) is 0 Å². The SMILES string of the molecule is CC(C)N1CCc2c(sc(NC(=O)c3ccc(S(=O)(=O)N(C)c4ccccc4)cc3)c2C(=O)N2CCCCC2)C1. The Morgan fingerprint density at radius 3 is 2.27 bits per heavy atom.